The number of para-hydroxylation sites is 3. The van der Waals surface area contributed by atoms with E-state index in [1.54, 1.807) is 5.57 Å². The van der Waals surface area contributed by atoms with Crippen molar-refractivity contribution in [3.05, 3.63) is 192 Å². The van der Waals surface area contributed by atoms with Crippen LogP contribution in [0.5, 0.6) is 0 Å². The molecule has 9 aromatic rings. The van der Waals surface area contributed by atoms with Gasteiger partial charge in [-0.1, -0.05) is 137 Å². The van der Waals surface area contributed by atoms with E-state index in [4.69, 9.17) is 0 Å². The lowest BCUT2D eigenvalue weighted by Gasteiger charge is -2.37. The molecule has 1 saturated carbocycles. The van der Waals surface area contributed by atoms with E-state index in [-0.39, 0.29) is 5.41 Å². The maximum atomic E-state index is 2.72. The highest BCUT2D eigenvalue weighted by molar-refractivity contribution is 6.11. The van der Waals surface area contributed by atoms with Crippen LogP contribution in [0.15, 0.2) is 169 Å². The molecule has 1 aliphatic heterocycles. The monoisotopic (exact) mass is 857 g/mol. The lowest BCUT2D eigenvalue weighted by atomic mass is 9.67. The van der Waals surface area contributed by atoms with Crippen LogP contribution >= 0.6 is 0 Å². The maximum Gasteiger partial charge on any atom is 0.0542 e. The summed E-state index contributed by atoms with van der Waals surface area (Å²) in [5.41, 5.74) is 21.1. The summed E-state index contributed by atoms with van der Waals surface area (Å²) < 4.78 is 4.98. The van der Waals surface area contributed by atoms with Gasteiger partial charge in [0.05, 0.1) is 11.0 Å². The van der Waals surface area contributed by atoms with Gasteiger partial charge in [0, 0.05) is 68.1 Å². The Hall–Kier alpha value is -6.58. The first-order valence-electron chi connectivity index (χ1n) is 24.8. The molecule has 0 saturated heterocycles. The van der Waals surface area contributed by atoms with Crippen molar-refractivity contribution in [3.63, 3.8) is 0 Å². The predicted octanol–water partition coefficient (Wildman–Crippen LogP) is 16.9. The molecule has 0 bridgehead atoms. The van der Waals surface area contributed by atoms with Crippen molar-refractivity contribution < 1.29 is 0 Å². The highest BCUT2D eigenvalue weighted by Crippen LogP contribution is 2.54. The first-order chi connectivity index (χ1) is 32.3. The average Bonchev–Trinajstić information content (AvgIpc) is 3.97. The number of allylic oxidation sites excluding steroid dienone is 4. The van der Waals surface area contributed by atoms with E-state index >= 15 is 0 Å². The lowest BCUT2D eigenvalue weighted by molar-refractivity contribution is 0.354. The van der Waals surface area contributed by atoms with E-state index in [1.165, 1.54) is 125 Å². The smallest absolute Gasteiger partial charge is 0.0542 e. The fraction of sp³-hybridized carbons (Fsp3) is 0.270. The van der Waals surface area contributed by atoms with Crippen LogP contribution < -0.4 is 4.90 Å². The number of fused-ring (bicyclic) bond motifs is 11. The van der Waals surface area contributed by atoms with Gasteiger partial charge in [-0.05, 0) is 161 Å². The second kappa shape index (κ2) is 15.2. The van der Waals surface area contributed by atoms with Crippen molar-refractivity contribution in [2.75, 3.05) is 4.90 Å². The number of rotatable bonds is 6. The van der Waals surface area contributed by atoms with Crippen molar-refractivity contribution in [1.29, 1.82) is 0 Å². The summed E-state index contributed by atoms with van der Waals surface area (Å²) in [4.78, 5) is 2.72. The number of aromatic nitrogens is 2. The summed E-state index contributed by atoms with van der Waals surface area (Å²) in [6.45, 7) is 10.5. The molecule has 7 aromatic carbocycles. The second-order valence-electron chi connectivity index (χ2n) is 21.3. The Balaban J connectivity index is 0.850. The number of hydrogen-bond acceptors (Lipinski definition) is 1. The molecule has 0 N–H and O–H groups in total. The zero-order chi connectivity index (χ0) is 44.3. The van der Waals surface area contributed by atoms with Crippen molar-refractivity contribution in [3.8, 4) is 16.8 Å². The van der Waals surface area contributed by atoms with Crippen LogP contribution in [0.25, 0.3) is 66.0 Å². The minimum absolute atomic E-state index is 0.194. The van der Waals surface area contributed by atoms with Crippen LogP contribution in [0.2, 0.25) is 0 Å². The van der Waals surface area contributed by atoms with Gasteiger partial charge in [-0.3, -0.25) is 0 Å². The number of nitrogens with zero attached hydrogens (tertiary/aromatic N) is 3. The summed E-state index contributed by atoms with van der Waals surface area (Å²) >= 11 is 0. The van der Waals surface area contributed by atoms with Gasteiger partial charge in [0.15, 0.2) is 0 Å². The Bertz CT molecular complexity index is 3460. The van der Waals surface area contributed by atoms with E-state index in [1.807, 2.05) is 0 Å². The Morgan fingerprint density at radius 3 is 2.14 bits per heavy atom. The maximum absolute atomic E-state index is 2.72. The first kappa shape index (κ1) is 39.8. The Morgan fingerprint density at radius 2 is 1.29 bits per heavy atom. The minimum atomic E-state index is 0.194. The van der Waals surface area contributed by atoms with Crippen LogP contribution in [-0.2, 0) is 13.0 Å². The molecule has 0 spiro atoms. The molecule has 3 heteroatoms. The standard InChI is InChI=1S/C63H59N3/c1-40-46-30-27-42(36-53(46)48-19-9-8-18-47(48)52(40)34-41-26-31-58-54(35-41)49-20-10-13-23-57(49)64(58)39-63(2,3)4)43-28-32-61-55(37-43)50-21-11-15-25-60(50)66(61)45-29-33-62-56(38-45)51-22-12-14-24-59(51)65(62)44-16-6-5-7-17-44/h5-7,9-10,12-14,16-17,19-20,22-24,26-33,35-38,40,50,52,60H,8,11,15,18,21,25,34,39H2,1-4H3/t40?,50?,52?,60-/m0/s1. The Morgan fingerprint density at radius 1 is 0.591 bits per heavy atom. The summed E-state index contributed by atoms with van der Waals surface area (Å²) in [6, 6.07) is 58.8. The van der Waals surface area contributed by atoms with Gasteiger partial charge in [0.2, 0.25) is 0 Å². The summed E-state index contributed by atoms with van der Waals surface area (Å²) in [5.74, 6) is 1.46. The van der Waals surface area contributed by atoms with Crippen LogP contribution in [0, 0.1) is 11.3 Å². The molecule has 66 heavy (non-hydrogen) atoms. The van der Waals surface area contributed by atoms with E-state index in [9.17, 15) is 0 Å². The van der Waals surface area contributed by atoms with E-state index in [0.717, 1.165) is 25.8 Å². The molecule has 13 rings (SSSR count). The van der Waals surface area contributed by atoms with Gasteiger partial charge < -0.3 is 14.0 Å². The molecule has 3 heterocycles. The van der Waals surface area contributed by atoms with Crippen LogP contribution in [0.1, 0.15) is 100 Å². The van der Waals surface area contributed by atoms with Crippen LogP contribution in [0.4, 0.5) is 11.4 Å². The molecule has 3 unspecified atom stereocenters. The summed E-state index contributed by atoms with van der Waals surface area (Å²) in [5, 5.41) is 5.40. The topological polar surface area (TPSA) is 13.1 Å². The molecule has 3 aliphatic carbocycles. The zero-order valence-corrected chi connectivity index (χ0v) is 38.9. The molecule has 4 atom stereocenters. The molecular weight excluding hydrogens is 799 g/mol. The lowest BCUT2D eigenvalue weighted by Crippen LogP contribution is -2.32. The molecule has 2 aromatic heterocycles. The molecular formula is C63H59N3. The fourth-order valence-electron chi connectivity index (χ4n) is 13.1. The molecule has 3 nitrogen and oxygen atoms in total. The third-order valence-electron chi connectivity index (χ3n) is 16.1. The molecule has 0 radical (unpaired) electrons. The van der Waals surface area contributed by atoms with Gasteiger partial charge in [-0.2, -0.15) is 0 Å². The summed E-state index contributed by atoms with van der Waals surface area (Å²) in [7, 11) is 0. The Kier molecular flexibility index (Phi) is 9.18. The number of anilines is 2. The van der Waals surface area contributed by atoms with E-state index in [2.05, 4.69) is 206 Å². The number of hydrogen-bond donors (Lipinski definition) is 0. The molecule has 4 aliphatic rings. The highest BCUT2D eigenvalue weighted by atomic mass is 15.2. The van der Waals surface area contributed by atoms with Crippen molar-refractivity contribution in [1.82, 2.24) is 9.13 Å². The van der Waals surface area contributed by atoms with Gasteiger partial charge >= 0.3 is 0 Å². The first-order valence-corrected chi connectivity index (χ1v) is 24.8. The summed E-state index contributed by atoms with van der Waals surface area (Å²) in [6.07, 6.45) is 13.3. The predicted molar refractivity (Wildman–Crippen MR) is 280 cm³/mol. The zero-order valence-electron chi connectivity index (χ0n) is 38.9. The van der Waals surface area contributed by atoms with Gasteiger partial charge in [-0.25, -0.2) is 0 Å². The van der Waals surface area contributed by atoms with Crippen molar-refractivity contribution >= 4 is 60.6 Å². The van der Waals surface area contributed by atoms with E-state index in [0.29, 0.717) is 23.8 Å². The van der Waals surface area contributed by atoms with Crippen LogP contribution in [-0.4, -0.2) is 15.2 Å². The third kappa shape index (κ3) is 6.29. The molecule has 0 amide bonds. The normalized spacial score (nSPS) is 20.3. The largest absolute Gasteiger partial charge is 0.340 e. The van der Waals surface area contributed by atoms with Crippen molar-refractivity contribution in [2.45, 2.75) is 97.1 Å². The van der Waals surface area contributed by atoms with E-state index < -0.39 is 0 Å². The fourth-order valence-corrected chi connectivity index (χ4v) is 13.1. The van der Waals surface area contributed by atoms with Crippen molar-refractivity contribution in [2.24, 2.45) is 11.3 Å². The molecule has 326 valence electrons. The second-order valence-corrected chi connectivity index (χ2v) is 21.3. The minimum Gasteiger partial charge on any atom is -0.340 e. The third-order valence-corrected chi connectivity index (χ3v) is 16.1. The van der Waals surface area contributed by atoms with Gasteiger partial charge in [0.1, 0.15) is 0 Å². The van der Waals surface area contributed by atoms with Gasteiger partial charge in [-0.15, -0.1) is 0 Å². The number of benzene rings is 7. The van der Waals surface area contributed by atoms with Crippen LogP contribution in [0.3, 0.4) is 0 Å². The Labute approximate surface area is 389 Å². The SMILES string of the molecule is CC1c2ccc(-c3ccc4c(c3)C3CCCC[C@@H]3N4c3ccc4c(c3)c3ccccc3n4-c3ccccc3)cc2C2=C(CCC=C2)C1Cc1ccc2c(c1)c1ccccc1n2CC(C)(C)C. The quantitative estimate of drug-likeness (QED) is 0.162. The average molecular weight is 858 g/mol. The highest BCUT2D eigenvalue weighted by Gasteiger charge is 2.41. The molecule has 1 fully saturated rings. The van der Waals surface area contributed by atoms with Gasteiger partial charge in [0.25, 0.3) is 0 Å².